The third-order valence-electron chi connectivity index (χ3n) is 4.69. The molecule has 1 amide bonds. The van der Waals surface area contributed by atoms with Gasteiger partial charge in [-0.2, -0.15) is 0 Å². The Balaban J connectivity index is 1.86. The van der Waals surface area contributed by atoms with Gasteiger partial charge < -0.3 is 10.2 Å². The fourth-order valence-electron chi connectivity index (χ4n) is 3.59. The highest BCUT2D eigenvalue weighted by molar-refractivity contribution is 5.95. The number of piperidine rings is 1. The summed E-state index contributed by atoms with van der Waals surface area (Å²) in [6.07, 6.45) is 6.43. The average molecular weight is 273 g/mol. The fraction of sp³-hybridized carbons (Fsp3) is 0.625. The van der Waals surface area contributed by atoms with Gasteiger partial charge in [0.2, 0.25) is 0 Å². The minimum Gasteiger partial charge on any atom is -0.335 e. The van der Waals surface area contributed by atoms with Crippen molar-refractivity contribution in [3.63, 3.8) is 0 Å². The summed E-state index contributed by atoms with van der Waals surface area (Å²) in [5.74, 6) is 0.793. The quantitative estimate of drug-likeness (QED) is 0.851. The van der Waals surface area contributed by atoms with Crippen LogP contribution in [-0.4, -0.2) is 41.5 Å². The van der Waals surface area contributed by atoms with Gasteiger partial charge in [-0.1, -0.05) is 6.42 Å². The molecule has 20 heavy (non-hydrogen) atoms. The van der Waals surface area contributed by atoms with Gasteiger partial charge in [0.1, 0.15) is 0 Å². The fourth-order valence-corrected chi connectivity index (χ4v) is 3.59. The zero-order chi connectivity index (χ0) is 13.9. The normalized spacial score (nSPS) is 26.8. The second-order valence-electron chi connectivity index (χ2n) is 5.95. The van der Waals surface area contributed by atoms with Crippen LogP contribution in [0.1, 0.15) is 41.7 Å². The highest BCUT2D eigenvalue weighted by Gasteiger charge is 2.34. The van der Waals surface area contributed by atoms with Gasteiger partial charge in [-0.25, -0.2) is 0 Å². The number of aryl methyl sites for hydroxylation is 1. The molecule has 2 fully saturated rings. The van der Waals surface area contributed by atoms with Crippen LogP contribution in [0.2, 0.25) is 0 Å². The van der Waals surface area contributed by atoms with E-state index in [9.17, 15) is 4.79 Å². The van der Waals surface area contributed by atoms with E-state index in [4.69, 9.17) is 0 Å². The molecule has 3 rings (SSSR count). The topological polar surface area (TPSA) is 45.2 Å². The van der Waals surface area contributed by atoms with Crippen molar-refractivity contribution < 1.29 is 4.79 Å². The third-order valence-corrected chi connectivity index (χ3v) is 4.69. The number of nitrogens with one attached hydrogen (secondary N) is 1. The Morgan fingerprint density at radius 3 is 3.15 bits per heavy atom. The summed E-state index contributed by atoms with van der Waals surface area (Å²) in [4.78, 5) is 19.3. The summed E-state index contributed by atoms with van der Waals surface area (Å²) in [5.41, 5.74) is 1.61. The van der Waals surface area contributed by atoms with Crippen LogP contribution in [0.15, 0.2) is 18.3 Å². The largest absolute Gasteiger partial charge is 0.335 e. The first-order valence-electron chi connectivity index (χ1n) is 7.70. The summed E-state index contributed by atoms with van der Waals surface area (Å²) in [7, 11) is 0. The van der Waals surface area contributed by atoms with E-state index < -0.39 is 0 Å². The Hall–Kier alpha value is -1.42. The van der Waals surface area contributed by atoms with E-state index in [0.717, 1.165) is 43.7 Å². The predicted octanol–water partition coefficient (Wildman–Crippen LogP) is 1.99. The molecule has 3 heterocycles. The number of amides is 1. The standard InChI is InChI=1S/C16H23N3O/c1-12-14(6-4-8-18-12)16(20)19-10-3-2-5-13-11-17-9-7-15(13)19/h4,6,8,13,15,17H,2-3,5,7,9-11H2,1H3/t13-,15+/m0/s1. The van der Waals surface area contributed by atoms with E-state index in [2.05, 4.69) is 15.2 Å². The Morgan fingerprint density at radius 1 is 1.40 bits per heavy atom. The van der Waals surface area contributed by atoms with Crippen LogP contribution in [-0.2, 0) is 0 Å². The third kappa shape index (κ3) is 2.57. The second kappa shape index (κ2) is 5.92. The van der Waals surface area contributed by atoms with E-state index >= 15 is 0 Å². The maximum atomic E-state index is 12.9. The Kier molecular flexibility index (Phi) is 4.01. The molecule has 0 radical (unpaired) electrons. The molecule has 2 saturated heterocycles. The number of hydrogen-bond donors (Lipinski definition) is 1. The predicted molar refractivity (Wildman–Crippen MR) is 78.6 cm³/mol. The molecule has 2 aliphatic rings. The molecule has 0 unspecified atom stereocenters. The summed E-state index contributed by atoms with van der Waals surface area (Å²) in [5, 5.41) is 3.47. The van der Waals surface area contributed by atoms with Crippen LogP contribution in [0.3, 0.4) is 0 Å². The number of hydrogen-bond acceptors (Lipinski definition) is 3. The second-order valence-corrected chi connectivity index (χ2v) is 5.95. The van der Waals surface area contributed by atoms with Crippen molar-refractivity contribution in [1.29, 1.82) is 0 Å². The lowest BCUT2D eigenvalue weighted by Crippen LogP contribution is -2.51. The van der Waals surface area contributed by atoms with Crippen molar-refractivity contribution in [1.82, 2.24) is 15.2 Å². The molecule has 1 N–H and O–H groups in total. The van der Waals surface area contributed by atoms with Gasteiger partial charge >= 0.3 is 0 Å². The molecule has 2 atom stereocenters. The Morgan fingerprint density at radius 2 is 2.30 bits per heavy atom. The zero-order valence-corrected chi connectivity index (χ0v) is 12.1. The number of likely N-dealkylation sites (tertiary alicyclic amines) is 1. The van der Waals surface area contributed by atoms with Crippen LogP contribution in [0.4, 0.5) is 0 Å². The van der Waals surface area contributed by atoms with Crippen molar-refractivity contribution in [2.45, 2.75) is 38.6 Å². The first kappa shape index (κ1) is 13.6. The molecule has 4 heteroatoms. The van der Waals surface area contributed by atoms with Crippen molar-refractivity contribution in [3.05, 3.63) is 29.6 Å². The van der Waals surface area contributed by atoms with Crippen molar-refractivity contribution in [2.24, 2.45) is 5.92 Å². The van der Waals surface area contributed by atoms with Crippen molar-refractivity contribution >= 4 is 5.91 Å². The lowest BCUT2D eigenvalue weighted by Gasteiger charge is -2.38. The lowest BCUT2D eigenvalue weighted by molar-refractivity contribution is 0.0585. The first-order chi connectivity index (χ1) is 9.77. The molecule has 108 valence electrons. The summed E-state index contributed by atoms with van der Waals surface area (Å²) in [6, 6.07) is 4.18. The molecule has 0 saturated carbocycles. The molecule has 0 bridgehead atoms. The van der Waals surface area contributed by atoms with Gasteiger partial charge in [-0.05, 0) is 57.3 Å². The number of rotatable bonds is 1. The molecule has 1 aromatic heterocycles. The van der Waals surface area contributed by atoms with Gasteiger partial charge in [-0.15, -0.1) is 0 Å². The highest BCUT2D eigenvalue weighted by atomic mass is 16.2. The minimum absolute atomic E-state index is 0.175. The van der Waals surface area contributed by atoms with E-state index in [1.165, 1.54) is 12.8 Å². The van der Waals surface area contributed by atoms with E-state index in [1.54, 1.807) is 6.20 Å². The van der Waals surface area contributed by atoms with Gasteiger partial charge in [0, 0.05) is 24.5 Å². The van der Waals surface area contributed by atoms with Crippen molar-refractivity contribution in [2.75, 3.05) is 19.6 Å². The number of nitrogens with zero attached hydrogens (tertiary/aromatic N) is 2. The van der Waals surface area contributed by atoms with E-state index in [-0.39, 0.29) is 5.91 Å². The van der Waals surface area contributed by atoms with Crippen LogP contribution in [0.5, 0.6) is 0 Å². The molecule has 4 nitrogen and oxygen atoms in total. The number of carbonyl (C=O) groups excluding carboxylic acids is 1. The number of fused-ring (bicyclic) bond motifs is 1. The molecule has 2 aliphatic heterocycles. The minimum atomic E-state index is 0.175. The lowest BCUT2D eigenvalue weighted by atomic mass is 9.89. The number of pyridine rings is 1. The monoisotopic (exact) mass is 273 g/mol. The van der Waals surface area contributed by atoms with Gasteiger partial charge in [-0.3, -0.25) is 9.78 Å². The molecular weight excluding hydrogens is 250 g/mol. The summed E-state index contributed by atoms with van der Waals surface area (Å²) >= 11 is 0. The first-order valence-corrected chi connectivity index (χ1v) is 7.70. The smallest absolute Gasteiger partial charge is 0.255 e. The molecule has 0 aromatic carbocycles. The van der Waals surface area contributed by atoms with Gasteiger partial charge in [0.05, 0.1) is 5.56 Å². The number of aromatic nitrogens is 1. The number of carbonyl (C=O) groups is 1. The molecule has 1 aromatic rings. The maximum Gasteiger partial charge on any atom is 0.255 e. The van der Waals surface area contributed by atoms with E-state index in [0.29, 0.717) is 12.0 Å². The van der Waals surface area contributed by atoms with E-state index in [1.807, 2.05) is 19.1 Å². The van der Waals surface area contributed by atoms with Gasteiger partial charge in [0.15, 0.2) is 0 Å². The van der Waals surface area contributed by atoms with Crippen LogP contribution in [0, 0.1) is 12.8 Å². The maximum absolute atomic E-state index is 12.9. The van der Waals surface area contributed by atoms with Crippen LogP contribution in [0.25, 0.3) is 0 Å². The molecule has 0 aliphatic carbocycles. The zero-order valence-electron chi connectivity index (χ0n) is 12.1. The SMILES string of the molecule is Cc1ncccc1C(=O)N1CCCC[C@H]2CNCC[C@H]21. The summed E-state index contributed by atoms with van der Waals surface area (Å²) in [6.45, 7) is 4.90. The highest BCUT2D eigenvalue weighted by Crippen LogP contribution is 2.28. The Labute approximate surface area is 120 Å². The Bertz CT molecular complexity index is 488. The van der Waals surface area contributed by atoms with Crippen LogP contribution >= 0.6 is 0 Å². The van der Waals surface area contributed by atoms with Crippen molar-refractivity contribution in [3.8, 4) is 0 Å². The van der Waals surface area contributed by atoms with Crippen LogP contribution < -0.4 is 5.32 Å². The summed E-state index contributed by atoms with van der Waals surface area (Å²) < 4.78 is 0. The van der Waals surface area contributed by atoms with Gasteiger partial charge in [0.25, 0.3) is 5.91 Å². The molecular formula is C16H23N3O. The average Bonchev–Trinajstić information content (AvgIpc) is 2.69. The molecule has 0 spiro atoms.